The van der Waals surface area contributed by atoms with E-state index in [0.717, 1.165) is 17.4 Å². The molecule has 138 valence electrons. The molecule has 9 heteroatoms. The minimum Gasteiger partial charge on any atom is -0.354 e. The standard InChI is InChI=1S/C18H15F2N7.H2/c1-11-2-16(23-17(3-11)26-8-12(7-21)9-26)24-18-22-10-27(25-18)15-5-13(19)4-14(20)6-15;/h2-6,10,12H,8-9H2,1H3,(H,23,24,25);1H. The summed E-state index contributed by atoms with van der Waals surface area (Å²) < 4.78 is 28.0. The van der Waals surface area contributed by atoms with Gasteiger partial charge >= 0.3 is 0 Å². The quantitative estimate of drug-likeness (QED) is 0.760. The van der Waals surface area contributed by atoms with Crippen LogP contribution in [0.15, 0.2) is 36.7 Å². The molecule has 3 heterocycles. The average Bonchev–Trinajstić information content (AvgIpc) is 3.01. The van der Waals surface area contributed by atoms with Crippen LogP contribution in [0.2, 0.25) is 0 Å². The highest BCUT2D eigenvalue weighted by molar-refractivity contribution is 5.56. The molecule has 0 bridgehead atoms. The van der Waals surface area contributed by atoms with Crippen LogP contribution in [-0.4, -0.2) is 32.8 Å². The molecule has 7 nitrogen and oxygen atoms in total. The number of anilines is 3. The van der Waals surface area contributed by atoms with Crippen molar-refractivity contribution in [1.82, 2.24) is 19.7 Å². The second kappa shape index (κ2) is 6.64. The van der Waals surface area contributed by atoms with E-state index < -0.39 is 11.6 Å². The van der Waals surface area contributed by atoms with Gasteiger partial charge in [-0.25, -0.2) is 18.4 Å². The first-order valence-electron chi connectivity index (χ1n) is 8.28. The number of nitrogens with one attached hydrogen (secondary N) is 1. The highest BCUT2D eigenvalue weighted by atomic mass is 19.1. The predicted octanol–water partition coefficient (Wildman–Crippen LogP) is 3.20. The van der Waals surface area contributed by atoms with Gasteiger partial charge in [0.05, 0.1) is 17.7 Å². The van der Waals surface area contributed by atoms with Crippen LogP contribution < -0.4 is 10.2 Å². The van der Waals surface area contributed by atoms with E-state index in [1.54, 1.807) is 0 Å². The zero-order valence-corrected chi connectivity index (χ0v) is 14.4. The number of benzene rings is 1. The molecule has 1 fully saturated rings. The number of hydrogen-bond donors (Lipinski definition) is 1. The van der Waals surface area contributed by atoms with Gasteiger partial charge in [0.25, 0.3) is 0 Å². The van der Waals surface area contributed by atoms with Gasteiger partial charge in [0.15, 0.2) is 0 Å². The molecule has 1 aliphatic rings. The number of aromatic nitrogens is 4. The molecule has 0 atom stereocenters. The van der Waals surface area contributed by atoms with Crippen LogP contribution in [0, 0.1) is 35.8 Å². The number of nitriles is 1. The van der Waals surface area contributed by atoms with Crippen molar-refractivity contribution in [1.29, 1.82) is 5.26 Å². The molecular formula is C18H17F2N7. The van der Waals surface area contributed by atoms with Gasteiger partial charge in [0.2, 0.25) is 5.95 Å². The molecule has 2 aromatic heterocycles. The Kier molecular flexibility index (Phi) is 4.16. The van der Waals surface area contributed by atoms with Crippen molar-refractivity contribution < 1.29 is 10.2 Å². The summed E-state index contributed by atoms with van der Waals surface area (Å²) in [4.78, 5) is 10.7. The number of nitrogens with zero attached hydrogens (tertiary/aromatic N) is 6. The zero-order chi connectivity index (χ0) is 19.0. The Labute approximate surface area is 155 Å². The SMILES string of the molecule is Cc1cc(Nc2ncn(-c3cc(F)cc(F)c3)n2)nc(N2CC(C#N)C2)c1.[HH]. The molecular weight excluding hydrogens is 352 g/mol. The number of pyridine rings is 1. The predicted molar refractivity (Wildman–Crippen MR) is 97.0 cm³/mol. The first kappa shape index (κ1) is 16.9. The van der Waals surface area contributed by atoms with Crippen molar-refractivity contribution in [3.8, 4) is 11.8 Å². The van der Waals surface area contributed by atoms with Crippen LogP contribution in [0.25, 0.3) is 5.69 Å². The number of rotatable bonds is 4. The van der Waals surface area contributed by atoms with Gasteiger partial charge in [0.1, 0.15) is 29.6 Å². The molecule has 1 saturated heterocycles. The van der Waals surface area contributed by atoms with Crippen molar-refractivity contribution in [3.05, 3.63) is 53.9 Å². The van der Waals surface area contributed by atoms with Gasteiger partial charge in [-0.1, -0.05) is 0 Å². The summed E-state index contributed by atoms with van der Waals surface area (Å²) >= 11 is 0. The van der Waals surface area contributed by atoms with Crippen LogP contribution >= 0.6 is 0 Å². The Morgan fingerprint density at radius 1 is 1.19 bits per heavy atom. The largest absolute Gasteiger partial charge is 0.354 e. The summed E-state index contributed by atoms with van der Waals surface area (Å²) in [5.74, 6) is 0.231. The number of halogens is 2. The maximum absolute atomic E-state index is 13.4. The monoisotopic (exact) mass is 369 g/mol. The number of hydrogen-bond acceptors (Lipinski definition) is 6. The van der Waals surface area contributed by atoms with E-state index in [-0.39, 0.29) is 19.0 Å². The molecule has 1 N–H and O–H groups in total. The first-order valence-corrected chi connectivity index (χ1v) is 8.28. The Bertz CT molecular complexity index is 1020. The van der Waals surface area contributed by atoms with E-state index in [1.807, 2.05) is 24.0 Å². The fourth-order valence-corrected chi connectivity index (χ4v) is 2.85. The van der Waals surface area contributed by atoms with Crippen molar-refractivity contribution in [2.45, 2.75) is 6.92 Å². The lowest BCUT2D eigenvalue weighted by Crippen LogP contribution is -2.46. The second-order valence-electron chi connectivity index (χ2n) is 6.38. The molecule has 0 saturated carbocycles. The molecule has 0 radical (unpaired) electrons. The fraction of sp³-hybridized carbons (Fsp3) is 0.222. The zero-order valence-electron chi connectivity index (χ0n) is 14.4. The van der Waals surface area contributed by atoms with Crippen molar-refractivity contribution in [2.24, 2.45) is 5.92 Å². The lowest BCUT2D eigenvalue weighted by Gasteiger charge is -2.36. The van der Waals surface area contributed by atoms with E-state index >= 15 is 0 Å². The van der Waals surface area contributed by atoms with Gasteiger partial charge in [0, 0.05) is 20.6 Å². The summed E-state index contributed by atoms with van der Waals surface area (Å²) in [7, 11) is 0. The molecule has 27 heavy (non-hydrogen) atoms. The average molecular weight is 369 g/mol. The molecule has 4 rings (SSSR count). The lowest BCUT2D eigenvalue weighted by atomic mass is 10.0. The maximum Gasteiger partial charge on any atom is 0.248 e. The second-order valence-corrected chi connectivity index (χ2v) is 6.38. The van der Waals surface area contributed by atoms with Gasteiger partial charge in [-0.05, 0) is 36.8 Å². The smallest absolute Gasteiger partial charge is 0.248 e. The highest BCUT2D eigenvalue weighted by Crippen LogP contribution is 2.25. The highest BCUT2D eigenvalue weighted by Gasteiger charge is 2.27. The van der Waals surface area contributed by atoms with E-state index in [2.05, 4.69) is 26.5 Å². The third-order valence-electron chi connectivity index (χ3n) is 4.19. The molecule has 0 spiro atoms. The Balaban J connectivity index is 0.00000225. The number of aryl methyl sites for hydroxylation is 1. The Hall–Kier alpha value is -3.54. The Morgan fingerprint density at radius 3 is 2.63 bits per heavy atom. The molecule has 1 aliphatic heterocycles. The molecule has 0 amide bonds. The fourth-order valence-electron chi connectivity index (χ4n) is 2.85. The third kappa shape index (κ3) is 3.55. The van der Waals surface area contributed by atoms with Gasteiger partial charge in [-0.2, -0.15) is 10.2 Å². The van der Waals surface area contributed by atoms with Crippen molar-refractivity contribution in [2.75, 3.05) is 23.3 Å². The van der Waals surface area contributed by atoms with E-state index in [0.29, 0.717) is 18.9 Å². The van der Waals surface area contributed by atoms with Crippen LogP contribution in [0.4, 0.5) is 26.4 Å². The summed E-state index contributed by atoms with van der Waals surface area (Å²) in [6.07, 6.45) is 1.36. The van der Waals surface area contributed by atoms with Crippen molar-refractivity contribution in [3.63, 3.8) is 0 Å². The third-order valence-corrected chi connectivity index (χ3v) is 4.19. The van der Waals surface area contributed by atoms with Gasteiger partial charge in [-0.3, -0.25) is 0 Å². The van der Waals surface area contributed by atoms with Crippen LogP contribution in [0.3, 0.4) is 0 Å². The maximum atomic E-state index is 13.4. The van der Waals surface area contributed by atoms with Crippen LogP contribution in [0.5, 0.6) is 0 Å². The minimum absolute atomic E-state index is 0. The van der Waals surface area contributed by atoms with E-state index in [4.69, 9.17) is 5.26 Å². The molecule has 3 aromatic rings. The first-order chi connectivity index (χ1) is 13.0. The van der Waals surface area contributed by atoms with Crippen LogP contribution in [-0.2, 0) is 0 Å². The van der Waals surface area contributed by atoms with Gasteiger partial charge in [-0.15, -0.1) is 5.10 Å². The summed E-state index contributed by atoms with van der Waals surface area (Å²) in [6.45, 7) is 3.26. The topological polar surface area (TPSA) is 82.7 Å². The van der Waals surface area contributed by atoms with Gasteiger partial charge < -0.3 is 10.2 Å². The molecule has 1 aromatic carbocycles. The summed E-state index contributed by atoms with van der Waals surface area (Å²) in [5.41, 5.74) is 1.23. The van der Waals surface area contributed by atoms with E-state index in [9.17, 15) is 8.78 Å². The molecule has 0 unspecified atom stereocenters. The summed E-state index contributed by atoms with van der Waals surface area (Å²) in [6, 6.07) is 9.15. The molecule has 0 aliphatic carbocycles. The van der Waals surface area contributed by atoms with E-state index in [1.165, 1.54) is 23.1 Å². The minimum atomic E-state index is -0.690. The Morgan fingerprint density at radius 2 is 1.93 bits per heavy atom. The van der Waals surface area contributed by atoms with Crippen LogP contribution in [0.1, 0.15) is 6.99 Å². The van der Waals surface area contributed by atoms with Crippen molar-refractivity contribution >= 4 is 17.6 Å². The summed E-state index contributed by atoms with van der Waals surface area (Å²) in [5, 5.41) is 16.1. The normalized spacial score (nSPS) is 13.9. The lowest BCUT2D eigenvalue weighted by molar-refractivity contribution is 0.500.